The molecule has 1 fully saturated rings. The molecule has 1 aliphatic rings. The molecule has 0 unspecified atom stereocenters. The van der Waals surface area contributed by atoms with Gasteiger partial charge in [0.15, 0.2) is 17.7 Å². The van der Waals surface area contributed by atoms with Crippen molar-refractivity contribution in [3.63, 3.8) is 0 Å². The lowest BCUT2D eigenvalue weighted by Crippen LogP contribution is -2.44. The molecule has 0 radical (unpaired) electrons. The summed E-state index contributed by atoms with van der Waals surface area (Å²) in [6, 6.07) is 14.2. The van der Waals surface area contributed by atoms with Crippen LogP contribution < -0.4 is 4.74 Å². The predicted octanol–water partition coefficient (Wildman–Crippen LogP) is 3.86. The number of piperidine rings is 1. The molecule has 1 saturated heterocycles. The smallest absolute Gasteiger partial charge is 0.339 e. The summed E-state index contributed by atoms with van der Waals surface area (Å²) in [6.07, 6.45) is 1.94. The molecule has 0 spiro atoms. The highest BCUT2D eigenvalue weighted by atomic mass is 19.1. The number of hydrogen-bond acceptors (Lipinski definition) is 4. The van der Waals surface area contributed by atoms with E-state index in [1.165, 1.54) is 24.8 Å². The van der Waals surface area contributed by atoms with Gasteiger partial charge in [0.25, 0.3) is 5.91 Å². The average Bonchev–Trinajstić information content (AvgIpc) is 2.74. The van der Waals surface area contributed by atoms with E-state index in [4.69, 9.17) is 9.47 Å². The standard InChI is InChI=1S/C23H26FNO4/c1-16(29-23(27)19-8-9-21(28-2)20(24)15-19)22(26)25-12-10-18(11-13-25)14-17-6-4-3-5-7-17/h3-9,15-16,18H,10-14H2,1-2H3/t16-/m1/s1. The fourth-order valence-corrected chi connectivity index (χ4v) is 3.63. The van der Waals surface area contributed by atoms with Crippen LogP contribution in [0.15, 0.2) is 48.5 Å². The van der Waals surface area contributed by atoms with Crippen LogP contribution in [-0.4, -0.2) is 43.1 Å². The van der Waals surface area contributed by atoms with Crippen molar-refractivity contribution >= 4 is 11.9 Å². The van der Waals surface area contributed by atoms with E-state index in [9.17, 15) is 14.0 Å². The van der Waals surface area contributed by atoms with Crippen molar-refractivity contribution in [2.75, 3.05) is 20.2 Å². The van der Waals surface area contributed by atoms with Crippen LogP contribution >= 0.6 is 0 Å². The van der Waals surface area contributed by atoms with Gasteiger partial charge < -0.3 is 14.4 Å². The van der Waals surface area contributed by atoms with Gasteiger partial charge in [-0.15, -0.1) is 0 Å². The molecule has 1 atom stereocenters. The van der Waals surface area contributed by atoms with E-state index < -0.39 is 17.9 Å². The summed E-state index contributed by atoms with van der Waals surface area (Å²) in [5, 5.41) is 0. The first kappa shape index (κ1) is 20.8. The fourth-order valence-electron chi connectivity index (χ4n) is 3.63. The van der Waals surface area contributed by atoms with Crippen LogP contribution in [0.4, 0.5) is 4.39 Å². The number of ether oxygens (including phenoxy) is 2. The fraction of sp³-hybridized carbons (Fsp3) is 0.391. The van der Waals surface area contributed by atoms with E-state index in [-0.39, 0.29) is 17.2 Å². The molecule has 0 aliphatic carbocycles. The number of nitrogens with zero attached hydrogens (tertiary/aromatic N) is 1. The first-order valence-electron chi connectivity index (χ1n) is 9.85. The van der Waals surface area contributed by atoms with E-state index in [1.807, 2.05) is 18.2 Å². The molecule has 0 N–H and O–H groups in total. The molecule has 2 aromatic rings. The summed E-state index contributed by atoms with van der Waals surface area (Å²) < 4.78 is 23.9. The van der Waals surface area contributed by atoms with Crippen LogP contribution in [0.25, 0.3) is 0 Å². The van der Waals surface area contributed by atoms with Crippen LogP contribution in [-0.2, 0) is 16.0 Å². The van der Waals surface area contributed by atoms with Crippen molar-refractivity contribution in [3.05, 3.63) is 65.5 Å². The Kier molecular flexibility index (Phi) is 6.86. The second-order valence-electron chi connectivity index (χ2n) is 7.36. The number of halogens is 1. The predicted molar refractivity (Wildman–Crippen MR) is 107 cm³/mol. The number of amides is 1. The Labute approximate surface area is 170 Å². The molecular weight excluding hydrogens is 373 g/mol. The summed E-state index contributed by atoms with van der Waals surface area (Å²) in [4.78, 5) is 26.6. The maximum atomic E-state index is 13.8. The average molecular weight is 399 g/mol. The molecular formula is C23H26FNO4. The number of rotatable bonds is 6. The van der Waals surface area contributed by atoms with Gasteiger partial charge in [0.1, 0.15) is 0 Å². The molecule has 0 aromatic heterocycles. The molecule has 0 saturated carbocycles. The Balaban J connectivity index is 1.50. The molecule has 1 amide bonds. The van der Waals surface area contributed by atoms with Gasteiger partial charge in [-0.1, -0.05) is 30.3 Å². The number of benzene rings is 2. The monoisotopic (exact) mass is 399 g/mol. The van der Waals surface area contributed by atoms with E-state index in [0.717, 1.165) is 25.3 Å². The molecule has 5 nitrogen and oxygen atoms in total. The van der Waals surface area contributed by atoms with Gasteiger partial charge in [-0.25, -0.2) is 9.18 Å². The minimum atomic E-state index is -0.918. The Morgan fingerprint density at radius 1 is 1.14 bits per heavy atom. The lowest BCUT2D eigenvalue weighted by Gasteiger charge is -2.33. The number of carbonyl (C=O) groups excluding carboxylic acids is 2. The quantitative estimate of drug-likeness (QED) is 0.692. The summed E-state index contributed by atoms with van der Waals surface area (Å²) in [5.74, 6) is -1.01. The van der Waals surface area contributed by atoms with E-state index >= 15 is 0 Å². The molecule has 0 bridgehead atoms. The second-order valence-corrected chi connectivity index (χ2v) is 7.36. The number of carbonyl (C=O) groups is 2. The van der Waals surface area contributed by atoms with Crippen molar-refractivity contribution < 1.29 is 23.5 Å². The summed E-state index contributed by atoms with van der Waals surface area (Å²) in [5.41, 5.74) is 1.36. The Hall–Kier alpha value is -2.89. The van der Waals surface area contributed by atoms with Gasteiger partial charge in [-0.2, -0.15) is 0 Å². The second kappa shape index (κ2) is 9.54. The highest BCUT2D eigenvalue weighted by molar-refractivity contribution is 5.92. The Morgan fingerprint density at radius 3 is 2.45 bits per heavy atom. The van der Waals surface area contributed by atoms with Gasteiger partial charge >= 0.3 is 5.97 Å². The van der Waals surface area contributed by atoms with Crippen LogP contribution in [0.2, 0.25) is 0 Å². The zero-order valence-electron chi connectivity index (χ0n) is 16.8. The van der Waals surface area contributed by atoms with Gasteiger partial charge in [-0.3, -0.25) is 4.79 Å². The first-order valence-corrected chi connectivity index (χ1v) is 9.85. The molecule has 2 aromatic carbocycles. The van der Waals surface area contributed by atoms with Crippen molar-refractivity contribution in [2.45, 2.75) is 32.3 Å². The number of methoxy groups -OCH3 is 1. The molecule has 3 rings (SSSR count). The summed E-state index contributed by atoms with van der Waals surface area (Å²) in [6.45, 7) is 2.85. The van der Waals surface area contributed by atoms with E-state index in [2.05, 4.69) is 12.1 Å². The van der Waals surface area contributed by atoms with Gasteiger partial charge in [-0.05, 0) is 55.9 Å². The number of esters is 1. The normalized spacial score (nSPS) is 15.6. The third-order valence-electron chi connectivity index (χ3n) is 5.31. The molecule has 1 aliphatic heterocycles. The lowest BCUT2D eigenvalue weighted by atomic mass is 9.90. The van der Waals surface area contributed by atoms with E-state index in [1.54, 1.807) is 11.8 Å². The summed E-state index contributed by atoms with van der Waals surface area (Å²) >= 11 is 0. The van der Waals surface area contributed by atoms with Gasteiger partial charge in [0.05, 0.1) is 12.7 Å². The highest BCUT2D eigenvalue weighted by Gasteiger charge is 2.28. The summed E-state index contributed by atoms with van der Waals surface area (Å²) in [7, 11) is 1.35. The van der Waals surface area contributed by atoms with Gasteiger partial charge in [0, 0.05) is 13.1 Å². The van der Waals surface area contributed by atoms with Crippen LogP contribution in [0, 0.1) is 11.7 Å². The van der Waals surface area contributed by atoms with Crippen molar-refractivity contribution in [2.24, 2.45) is 5.92 Å². The zero-order chi connectivity index (χ0) is 20.8. The number of hydrogen-bond donors (Lipinski definition) is 0. The minimum absolute atomic E-state index is 0.0454. The maximum absolute atomic E-state index is 13.8. The highest BCUT2D eigenvalue weighted by Crippen LogP contribution is 2.23. The molecule has 6 heteroatoms. The number of likely N-dealkylation sites (tertiary alicyclic amines) is 1. The Morgan fingerprint density at radius 2 is 1.83 bits per heavy atom. The van der Waals surface area contributed by atoms with Crippen LogP contribution in [0.1, 0.15) is 35.7 Å². The van der Waals surface area contributed by atoms with E-state index in [0.29, 0.717) is 19.0 Å². The zero-order valence-corrected chi connectivity index (χ0v) is 16.8. The molecule has 1 heterocycles. The largest absolute Gasteiger partial charge is 0.494 e. The van der Waals surface area contributed by atoms with Crippen LogP contribution in [0.3, 0.4) is 0 Å². The Bertz CT molecular complexity index is 847. The van der Waals surface area contributed by atoms with Crippen molar-refractivity contribution in [3.8, 4) is 5.75 Å². The van der Waals surface area contributed by atoms with Gasteiger partial charge in [0.2, 0.25) is 0 Å². The van der Waals surface area contributed by atoms with Crippen molar-refractivity contribution in [1.29, 1.82) is 0 Å². The third kappa shape index (κ3) is 5.34. The lowest BCUT2D eigenvalue weighted by molar-refractivity contribution is -0.141. The minimum Gasteiger partial charge on any atom is -0.494 e. The first-order chi connectivity index (χ1) is 14.0. The molecule has 29 heavy (non-hydrogen) atoms. The maximum Gasteiger partial charge on any atom is 0.339 e. The topological polar surface area (TPSA) is 55.8 Å². The van der Waals surface area contributed by atoms with Crippen molar-refractivity contribution in [1.82, 2.24) is 4.90 Å². The third-order valence-corrected chi connectivity index (χ3v) is 5.31. The van der Waals surface area contributed by atoms with Crippen LogP contribution in [0.5, 0.6) is 5.75 Å². The molecule has 154 valence electrons. The SMILES string of the molecule is COc1ccc(C(=O)O[C@H](C)C(=O)N2CCC(Cc3ccccc3)CC2)cc1F.